The van der Waals surface area contributed by atoms with Gasteiger partial charge in [0.1, 0.15) is 0 Å². The maximum atomic E-state index is 11.7. The van der Waals surface area contributed by atoms with Crippen LogP contribution in [0.4, 0.5) is 10.5 Å². The molecule has 0 spiro atoms. The topological polar surface area (TPSA) is 58.2 Å². The number of carbonyl (C=O) groups is 2. The molecule has 0 aliphatic rings. The third-order valence-electron chi connectivity index (χ3n) is 3.58. The minimum absolute atomic E-state index is 0.0399. The van der Waals surface area contributed by atoms with Gasteiger partial charge in [-0.05, 0) is 36.6 Å². The second-order valence-corrected chi connectivity index (χ2v) is 5.41. The van der Waals surface area contributed by atoms with Crippen LogP contribution < -0.4 is 10.6 Å². The van der Waals surface area contributed by atoms with E-state index >= 15 is 0 Å². The maximum absolute atomic E-state index is 11.7. The highest BCUT2D eigenvalue weighted by Gasteiger charge is 2.08. The Bertz CT molecular complexity index is 678. The molecule has 2 N–H and O–H groups in total. The molecule has 0 saturated carbocycles. The van der Waals surface area contributed by atoms with Gasteiger partial charge in [0.2, 0.25) is 0 Å². The number of benzene rings is 2. The van der Waals surface area contributed by atoms with Gasteiger partial charge in [0.05, 0.1) is 0 Å². The Hall–Kier alpha value is -2.62. The van der Waals surface area contributed by atoms with Gasteiger partial charge in [-0.15, -0.1) is 0 Å². The lowest BCUT2D eigenvalue weighted by atomic mass is 9.97. The highest BCUT2D eigenvalue weighted by atomic mass is 16.2. The molecule has 0 fully saturated rings. The zero-order valence-corrected chi connectivity index (χ0v) is 13.6. The molecule has 0 atom stereocenters. The Morgan fingerprint density at radius 3 is 2.35 bits per heavy atom. The van der Waals surface area contributed by atoms with Crippen molar-refractivity contribution < 1.29 is 9.59 Å². The van der Waals surface area contributed by atoms with E-state index in [4.69, 9.17) is 0 Å². The Kier molecular flexibility index (Phi) is 5.92. The number of rotatable bonds is 6. The smallest absolute Gasteiger partial charge is 0.319 e. The largest absolute Gasteiger partial charge is 0.338 e. The van der Waals surface area contributed by atoms with Gasteiger partial charge in [0, 0.05) is 17.8 Å². The summed E-state index contributed by atoms with van der Waals surface area (Å²) in [6, 6.07) is 14.8. The van der Waals surface area contributed by atoms with E-state index in [0.29, 0.717) is 12.1 Å². The first kappa shape index (κ1) is 16.7. The quantitative estimate of drug-likeness (QED) is 0.610. The number of urea groups is 1. The fourth-order valence-electron chi connectivity index (χ4n) is 2.33. The summed E-state index contributed by atoms with van der Waals surface area (Å²) in [5, 5.41) is 5.61. The van der Waals surface area contributed by atoms with Gasteiger partial charge in [-0.2, -0.15) is 0 Å². The average Bonchev–Trinajstić information content (AvgIpc) is 2.56. The fourth-order valence-corrected chi connectivity index (χ4v) is 2.33. The molecule has 0 radical (unpaired) electrons. The summed E-state index contributed by atoms with van der Waals surface area (Å²) < 4.78 is 0. The molecule has 0 saturated heterocycles. The molecule has 0 aliphatic carbocycles. The van der Waals surface area contributed by atoms with Gasteiger partial charge in [0.25, 0.3) is 0 Å². The Morgan fingerprint density at radius 2 is 1.70 bits per heavy atom. The molecule has 0 aromatic heterocycles. The van der Waals surface area contributed by atoms with Crippen LogP contribution in [0, 0.1) is 0 Å². The monoisotopic (exact) mass is 310 g/mol. The molecule has 2 aromatic carbocycles. The Labute approximate surface area is 136 Å². The number of anilines is 1. The normalized spacial score (nSPS) is 10.2. The second kappa shape index (κ2) is 8.13. The second-order valence-electron chi connectivity index (χ2n) is 5.41. The standard InChI is InChI=1S/C19H22N2O2/c1-3-4-13-20-19(23)21-16-11-9-15(10-12-16)18-8-6-5-7-17(18)14(2)22/h5-12H,3-4,13H2,1-2H3,(H2,20,21,23). The predicted octanol–water partition coefficient (Wildman–Crippen LogP) is 4.48. The highest BCUT2D eigenvalue weighted by molar-refractivity contribution is 6.01. The molecule has 2 rings (SSSR count). The molecule has 23 heavy (non-hydrogen) atoms. The lowest BCUT2D eigenvalue weighted by molar-refractivity contribution is 0.101. The van der Waals surface area contributed by atoms with Gasteiger partial charge >= 0.3 is 6.03 Å². The SMILES string of the molecule is CCCCNC(=O)Nc1ccc(-c2ccccc2C(C)=O)cc1. The molecule has 0 unspecified atom stereocenters. The van der Waals surface area contributed by atoms with Crippen molar-refractivity contribution in [2.24, 2.45) is 0 Å². The van der Waals surface area contributed by atoms with E-state index < -0.39 is 0 Å². The first-order chi connectivity index (χ1) is 11.1. The summed E-state index contributed by atoms with van der Waals surface area (Å²) in [5.74, 6) is 0.0399. The molecule has 0 aliphatic heterocycles. The van der Waals surface area contributed by atoms with Crippen LogP contribution in [0.1, 0.15) is 37.0 Å². The van der Waals surface area contributed by atoms with Gasteiger partial charge in [-0.25, -0.2) is 4.79 Å². The molecule has 120 valence electrons. The molecule has 2 aromatic rings. The van der Waals surface area contributed by atoms with E-state index in [0.717, 1.165) is 29.7 Å². The lowest BCUT2D eigenvalue weighted by Crippen LogP contribution is -2.29. The molecule has 2 amide bonds. The number of unbranched alkanes of at least 4 members (excludes halogenated alkanes) is 1. The van der Waals surface area contributed by atoms with Crippen LogP contribution in [0.2, 0.25) is 0 Å². The number of Topliss-reactive ketones (excluding diaryl/α,β-unsaturated/α-hetero) is 1. The van der Waals surface area contributed by atoms with Crippen molar-refractivity contribution in [1.82, 2.24) is 5.32 Å². The van der Waals surface area contributed by atoms with Crippen molar-refractivity contribution >= 4 is 17.5 Å². The van der Waals surface area contributed by atoms with Gasteiger partial charge < -0.3 is 10.6 Å². The third-order valence-corrected chi connectivity index (χ3v) is 3.58. The average molecular weight is 310 g/mol. The summed E-state index contributed by atoms with van der Waals surface area (Å²) in [6.45, 7) is 4.32. The number of ketones is 1. The van der Waals surface area contributed by atoms with Crippen molar-refractivity contribution in [3.63, 3.8) is 0 Å². The molecular formula is C19H22N2O2. The predicted molar refractivity (Wildman–Crippen MR) is 93.8 cm³/mol. The van der Waals surface area contributed by atoms with E-state index in [1.54, 1.807) is 6.92 Å². The lowest BCUT2D eigenvalue weighted by Gasteiger charge is -2.10. The molecule has 0 bridgehead atoms. The summed E-state index contributed by atoms with van der Waals surface area (Å²) in [6.07, 6.45) is 2.01. The van der Waals surface area contributed by atoms with E-state index in [1.807, 2.05) is 48.5 Å². The van der Waals surface area contributed by atoms with Crippen molar-refractivity contribution in [2.75, 3.05) is 11.9 Å². The molecule has 4 nitrogen and oxygen atoms in total. The Morgan fingerprint density at radius 1 is 1.00 bits per heavy atom. The zero-order chi connectivity index (χ0) is 16.7. The fraction of sp³-hybridized carbons (Fsp3) is 0.263. The Balaban J connectivity index is 2.08. The minimum atomic E-state index is -0.199. The van der Waals surface area contributed by atoms with Crippen molar-refractivity contribution in [2.45, 2.75) is 26.7 Å². The highest BCUT2D eigenvalue weighted by Crippen LogP contribution is 2.25. The summed E-state index contributed by atoms with van der Waals surface area (Å²) in [5.41, 5.74) is 3.28. The minimum Gasteiger partial charge on any atom is -0.338 e. The van der Waals surface area contributed by atoms with Crippen LogP contribution in [0.5, 0.6) is 0 Å². The summed E-state index contributed by atoms with van der Waals surface area (Å²) >= 11 is 0. The number of carbonyl (C=O) groups excluding carboxylic acids is 2. The van der Waals surface area contributed by atoms with Crippen LogP contribution >= 0.6 is 0 Å². The zero-order valence-electron chi connectivity index (χ0n) is 13.6. The number of amides is 2. The number of nitrogens with one attached hydrogen (secondary N) is 2. The number of hydrogen-bond acceptors (Lipinski definition) is 2. The van der Waals surface area contributed by atoms with Crippen LogP contribution in [0.3, 0.4) is 0 Å². The number of hydrogen-bond donors (Lipinski definition) is 2. The first-order valence-electron chi connectivity index (χ1n) is 7.87. The molecule has 0 heterocycles. The molecular weight excluding hydrogens is 288 g/mol. The van der Waals surface area contributed by atoms with E-state index in [-0.39, 0.29) is 11.8 Å². The van der Waals surface area contributed by atoms with Crippen LogP contribution in [-0.2, 0) is 0 Å². The first-order valence-corrected chi connectivity index (χ1v) is 7.87. The van der Waals surface area contributed by atoms with Gasteiger partial charge in [-0.3, -0.25) is 4.79 Å². The van der Waals surface area contributed by atoms with Crippen LogP contribution in [0.15, 0.2) is 48.5 Å². The van der Waals surface area contributed by atoms with Crippen molar-refractivity contribution in [1.29, 1.82) is 0 Å². The van der Waals surface area contributed by atoms with E-state index in [1.165, 1.54) is 0 Å². The van der Waals surface area contributed by atoms with Crippen LogP contribution in [-0.4, -0.2) is 18.4 Å². The van der Waals surface area contributed by atoms with Crippen LogP contribution in [0.25, 0.3) is 11.1 Å². The van der Waals surface area contributed by atoms with E-state index in [2.05, 4.69) is 17.6 Å². The maximum Gasteiger partial charge on any atom is 0.319 e. The van der Waals surface area contributed by atoms with Gasteiger partial charge in [0.15, 0.2) is 5.78 Å². The van der Waals surface area contributed by atoms with Gasteiger partial charge in [-0.1, -0.05) is 49.7 Å². The summed E-state index contributed by atoms with van der Waals surface area (Å²) in [7, 11) is 0. The van der Waals surface area contributed by atoms with E-state index in [9.17, 15) is 9.59 Å². The summed E-state index contributed by atoms with van der Waals surface area (Å²) in [4.78, 5) is 23.4. The van der Waals surface area contributed by atoms with Crippen molar-refractivity contribution in [3.05, 3.63) is 54.1 Å². The molecule has 4 heteroatoms. The van der Waals surface area contributed by atoms with Crippen molar-refractivity contribution in [3.8, 4) is 11.1 Å². The third kappa shape index (κ3) is 4.68.